The summed E-state index contributed by atoms with van der Waals surface area (Å²) in [7, 11) is 0. The molecular formula is C17H17F3N2O. The van der Waals surface area contributed by atoms with E-state index < -0.39 is 29.1 Å². The first-order valence-corrected chi connectivity index (χ1v) is 7.58. The minimum absolute atomic E-state index is 0.103. The van der Waals surface area contributed by atoms with E-state index in [9.17, 15) is 18.0 Å². The quantitative estimate of drug-likeness (QED) is 0.831. The Bertz CT molecular complexity index is 707. The van der Waals surface area contributed by atoms with Crippen molar-refractivity contribution in [1.82, 2.24) is 4.90 Å². The fraction of sp³-hybridized carbons (Fsp3) is 0.529. The van der Waals surface area contributed by atoms with Crippen LogP contribution in [-0.2, 0) is 4.79 Å². The van der Waals surface area contributed by atoms with Crippen molar-refractivity contribution in [3.8, 4) is 6.07 Å². The van der Waals surface area contributed by atoms with Crippen molar-refractivity contribution in [2.45, 2.75) is 51.1 Å². The molecule has 2 saturated heterocycles. The van der Waals surface area contributed by atoms with E-state index in [4.69, 9.17) is 5.26 Å². The average molecular weight is 322 g/mol. The Morgan fingerprint density at radius 1 is 1.35 bits per heavy atom. The van der Waals surface area contributed by atoms with E-state index in [1.54, 1.807) is 0 Å². The van der Waals surface area contributed by atoms with E-state index in [1.165, 1.54) is 24.0 Å². The smallest absolute Gasteiger partial charge is 0.259 e. The zero-order chi connectivity index (χ0) is 17.0. The standard InChI is InChI=1S/C17H17F3N2O/c1-16(17(2,19)20)8-13-3-4-14(22(13)15(16)23)11-5-10(9-21)6-12(18)7-11/h5-7,13-14H,3-4,8H2,1-2H3/t13-,14-,16+/m0/s1. The van der Waals surface area contributed by atoms with Gasteiger partial charge in [0.1, 0.15) is 11.2 Å². The number of benzene rings is 1. The van der Waals surface area contributed by atoms with Gasteiger partial charge in [0.05, 0.1) is 17.7 Å². The molecule has 3 atom stereocenters. The molecule has 0 radical (unpaired) electrons. The van der Waals surface area contributed by atoms with Crippen molar-refractivity contribution in [3.63, 3.8) is 0 Å². The fourth-order valence-corrected chi connectivity index (χ4v) is 3.80. The van der Waals surface area contributed by atoms with Crippen molar-refractivity contribution in [2.75, 3.05) is 0 Å². The van der Waals surface area contributed by atoms with Gasteiger partial charge in [-0.25, -0.2) is 13.2 Å². The lowest BCUT2D eigenvalue weighted by molar-refractivity contribution is -0.156. The highest BCUT2D eigenvalue weighted by atomic mass is 19.3. The Morgan fingerprint density at radius 2 is 2.04 bits per heavy atom. The molecule has 0 saturated carbocycles. The van der Waals surface area contributed by atoms with Crippen LogP contribution in [0.25, 0.3) is 0 Å². The maximum Gasteiger partial charge on any atom is 0.259 e. The van der Waals surface area contributed by atoms with Gasteiger partial charge in [-0.3, -0.25) is 4.79 Å². The number of hydrogen-bond acceptors (Lipinski definition) is 2. The number of alkyl halides is 2. The first-order valence-electron chi connectivity index (χ1n) is 7.58. The number of nitriles is 1. The predicted molar refractivity (Wildman–Crippen MR) is 77.1 cm³/mol. The molecule has 0 aliphatic carbocycles. The van der Waals surface area contributed by atoms with Crippen LogP contribution in [0.5, 0.6) is 0 Å². The van der Waals surface area contributed by atoms with Gasteiger partial charge in [-0.1, -0.05) is 0 Å². The third-order valence-electron chi connectivity index (χ3n) is 5.26. The van der Waals surface area contributed by atoms with Crippen LogP contribution in [0, 0.1) is 22.6 Å². The molecule has 1 amide bonds. The first kappa shape index (κ1) is 15.9. The molecule has 0 N–H and O–H groups in total. The summed E-state index contributed by atoms with van der Waals surface area (Å²) in [6.07, 6.45) is 1.31. The van der Waals surface area contributed by atoms with Gasteiger partial charge in [0.25, 0.3) is 5.92 Å². The third-order valence-corrected chi connectivity index (χ3v) is 5.26. The van der Waals surface area contributed by atoms with Crippen molar-refractivity contribution >= 4 is 5.91 Å². The second kappa shape index (κ2) is 4.98. The molecule has 2 heterocycles. The molecule has 2 aliphatic heterocycles. The summed E-state index contributed by atoms with van der Waals surface area (Å²) >= 11 is 0. The summed E-state index contributed by atoms with van der Waals surface area (Å²) in [6, 6.07) is 5.11. The van der Waals surface area contributed by atoms with Crippen LogP contribution in [0.15, 0.2) is 18.2 Å². The maximum absolute atomic E-state index is 13.9. The van der Waals surface area contributed by atoms with Crippen LogP contribution >= 0.6 is 0 Å². The SMILES string of the molecule is CC(F)(F)[C@]1(C)C[C@@H]2CC[C@@H](c3cc(F)cc(C#N)c3)N2C1=O. The van der Waals surface area contributed by atoms with Gasteiger partial charge in [0.15, 0.2) is 0 Å². The van der Waals surface area contributed by atoms with Crippen molar-refractivity contribution in [1.29, 1.82) is 5.26 Å². The third kappa shape index (κ3) is 2.30. The molecule has 3 nitrogen and oxygen atoms in total. The zero-order valence-electron chi connectivity index (χ0n) is 12.9. The number of carbonyl (C=O) groups is 1. The van der Waals surface area contributed by atoms with E-state index >= 15 is 0 Å². The van der Waals surface area contributed by atoms with Gasteiger partial charge in [-0.15, -0.1) is 0 Å². The molecule has 1 aromatic carbocycles. The molecule has 1 aromatic rings. The maximum atomic E-state index is 13.9. The fourth-order valence-electron chi connectivity index (χ4n) is 3.80. The summed E-state index contributed by atoms with van der Waals surface area (Å²) in [5.74, 6) is -4.25. The van der Waals surface area contributed by atoms with Crippen molar-refractivity contribution in [3.05, 3.63) is 35.1 Å². The molecule has 0 aromatic heterocycles. The molecule has 2 aliphatic rings. The summed E-state index contributed by atoms with van der Waals surface area (Å²) in [6.45, 7) is 2.08. The van der Waals surface area contributed by atoms with Gasteiger partial charge < -0.3 is 4.90 Å². The van der Waals surface area contributed by atoms with E-state index in [2.05, 4.69) is 0 Å². The first-order chi connectivity index (χ1) is 10.7. The van der Waals surface area contributed by atoms with Crippen molar-refractivity contribution in [2.24, 2.45) is 5.41 Å². The van der Waals surface area contributed by atoms with E-state index in [0.717, 1.165) is 13.0 Å². The monoisotopic (exact) mass is 322 g/mol. The number of halogens is 3. The van der Waals surface area contributed by atoms with Crippen molar-refractivity contribution < 1.29 is 18.0 Å². The van der Waals surface area contributed by atoms with Crippen LogP contribution in [0.4, 0.5) is 13.2 Å². The Kier molecular flexibility index (Phi) is 3.44. The van der Waals surface area contributed by atoms with Gasteiger partial charge in [0, 0.05) is 13.0 Å². The van der Waals surface area contributed by atoms with Crippen LogP contribution in [-0.4, -0.2) is 22.8 Å². The second-order valence-corrected chi connectivity index (χ2v) is 6.77. The van der Waals surface area contributed by atoms with E-state index in [1.807, 2.05) is 6.07 Å². The van der Waals surface area contributed by atoms with Crippen LogP contribution in [0.2, 0.25) is 0 Å². The number of carbonyl (C=O) groups excluding carboxylic acids is 1. The molecule has 0 bridgehead atoms. The molecule has 23 heavy (non-hydrogen) atoms. The highest BCUT2D eigenvalue weighted by molar-refractivity contribution is 5.87. The highest BCUT2D eigenvalue weighted by Crippen LogP contribution is 2.54. The normalized spacial score (nSPS) is 30.4. The Morgan fingerprint density at radius 3 is 2.65 bits per heavy atom. The predicted octanol–water partition coefficient (Wildman–Crippen LogP) is 3.79. The number of fused-ring (bicyclic) bond motifs is 1. The van der Waals surface area contributed by atoms with E-state index in [0.29, 0.717) is 18.4 Å². The lowest BCUT2D eigenvalue weighted by atomic mass is 9.80. The van der Waals surface area contributed by atoms with Crippen LogP contribution in [0.1, 0.15) is 50.3 Å². The summed E-state index contributed by atoms with van der Waals surface area (Å²) in [4.78, 5) is 14.1. The molecule has 0 unspecified atom stereocenters. The summed E-state index contributed by atoms with van der Waals surface area (Å²) in [5.41, 5.74) is -1.05. The minimum Gasteiger partial charge on any atom is -0.332 e. The molecule has 3 rings (SSSR count). The average Bonchev–Trinajstić information content (AvgIpc) is 2.97. The lowest BCUT2D eigenvalue weighted by Gasteiger charge is -2.31. The zero-order valence-corrected chi connectivity index (χ0v) is 12.9. The second-order valence-electron chi connectivity index (χ2n) is 6.77. The number of hydrogen-bond donors (Lipinski definition) is 0. The highest BCUT2D eigenvalue weighted by Gasteiger charge is 2.62. The number of amides is 1. The van der Waals surface area contributed by atoms with Crippen LogP contribution < -0.4 is 0 Å². The van der Waals surface area contributed by atoms with Gasteiger partial charge >= 0.3 is 0 Å². The largest absolute Gasteiger partial charge is 0.332 e. The van der Waals surface area contributed by atoms with Gasteiger partial charge in [-0.2, -0.15) is 5.26 Å². The Labute approximate surface area is 132 Å². The molecule has 0 spiro atoms. The molecule has 122 valence electrons. The van der Waals surface area contributed by atoms with Gasteiger partial charge in [0.2, 0.25) is 5.91 Å². The number of nitrogens with zero attached hydrogens (tertiary/aromatic N) is 2. The summed E-state index contributed by atoms with van der Waals surface area (Å²) in [5, 5.41) is 8.96. The van der Waals surface area contributed by atoms with E-state index in [-0.39, 0.29) is 18.0 Å². The molecular weight excluding hydrogens is 305 g/mol. The van der Waals surface area contributed by atoms with Gasteiger partial charge in [-0.05, 0) is 49.9 Å². The summed E-state index contributed by atoms with van der Waals surface area (Å²) < 4.78 is 41.5. The topological polar surface area (TPSA) is 44.1 Å². The molecule has 6 heteroatoms. The molecule has 2 fully saturated rings. The lowest BCUT2D eigenvalue weighted by Crippen LogP contribution is -2.44. The Balaban J connectivity index is 1.98. The Hall–Kier alpha value is -2.03. The number of rotatable bonds is 2. The van der Waals surface area contributed by atoms with Crippen LogP contribution in [0.3, 0.4) is 0 Å². The minimum atomic E-state index is -3.11.